The quantitative estimate of drug-likeness (QED) is 0.205. The summed E-state index contributed by atoms with van der Waals surface area (Å²) in [6.07, 6.45) is 4.07. The number of aromatic hydroxyl groups is 1. The number of fused-ring (bicyclic) bond motifs is 2. The second-order valence-corrected chi connectivity index (χ2v) is 11.9. The average Bonchev–Trinajstić information content (AvgIpc) is 3.75. The van der Waals surface area contributed by atoms with Gasteiger partial charge in [-0.05, 0) is 54.3 Å². The summed E-state index contributed by atoms with van der Waals surface area (Å²) in [6.45, 7) is 3.98. The third-order valence-corrected chi connectivity index (χ3v) is 9.13. The van der Waals surface area contributed by atoms with Gasteiger partial charge in [0.05, 0.1) is 12.5 Å². The summed E-state index contributed by atoms with van der Waals surface area (Å²) in [6, 6.07) is 20.4. The number of unbranched alkanes of at least 4 members (excludes halogenated alkanes) is 1. The molecule has 1 aromatic heterocycles. The Bertz CT molecular complexity index is 1690. The number of likely N-dealkylation sites (tertiary alicyclic amines) is 1. The van der Waals surface area contributed by atoms with Crippen LogP contribution < -0.4 is 20.1 Å². The summed E-state index contributed by atoms with van der Waals surface area (Å²) in [5, 5.41) is 23.2. The summed E-state index contributed by atoms with van der Waals surface area (Å²) in [7, 11) is 0. The lowest BCUT2D eigenvalue weighted by atomic mass is 9.84. The van der Waals surface area contributed by atoms with Gasteiger partial charge in [0.25, 0.3) is 0 Å². The van der Waals surface area contributed by atoms with Gasteiger partial charge in [0.1, 0.15) is 0 Å². The van der Waals surface area contributed by atoms with Crippen molar-refractivity contribution < 1.29 is 29.3 Å². The molecule has 3 aromatic carbocycles. The molecule has 4 N–H and O–H groups in total. The first-order chi connectivity index (χ1) is 21.9. The number of carboxylic acids is 1. The van der Waals surface area contributed by atoms with Gasteiger partial charge in [0, 0.05) is 60.8 Å². The highest BCUT2D eigenvalue weighted by Crippen LogP contribution is 2.43. The topological polar surface area (TPSA) is 130 Å². The van der Waals surface area contributed by atoms with E-state index in [1.54, 1.807) is 9.47 Å². The van der Waals surface area contributed by atoms with Crippen molar-refractivity contribution in [2.45, 2.75) is 51.2 Å². The van der Waals surface area contributed by atoms with Crippen molar-refractivity contribution in [3.05, 3.63) is 84.1 Å². The second-order valence-electron chi connectivity index (χ2n) is 11.9. The maximum atomic E-state index is 14.1. The molecule has 2 aliphatic heterocycles. The zero-order chi connectivity index (χ0) is 31.5. The number of rotatable bonds is 12. The van der Waals surface area contributed by atoms with E-state index in [0.29, 0.717) is 44.1 Å². The lowest BCUT2D eigenvalue weighted by Crippen LogP contribution is -2.45. The molecular weight excluding hydrogens is 572 g/mol. The number of anilines is 1. The van der Waals surface area contributed by atoms with Gasteiger partial charge in [-0.1, -0.05) is 49.7 Å². The molecule has 1 amide bonds. The number of carbonyl (C=O) groups excluding carboxylic acids is 1. The first-order valence-corrected chi connectivity index (χ1v) is 15.6. The Kier molecular flexibility index (Phi) is 8.95. The molecule has 1 unspecified atom stereocenters. The smallest absolute Gasteiger partial charge is 0.308 e. The third kappa shape index (κ3) is 6.21. The Morgan fingerprint density at radius 3 is 2.64 bits per heavy atom. The van der Waals surface area contributed by atoms with Crippen molar-refractivity contribution in [1.82, 2.24) is 9.47 Å². The molecule has 1 saturated heterocycles. The van der Waals surface area contributed by atoms with Crippen molar-refractivity contribution in [2.75, 3.05) is 31.3 Å². The van der Waals surface area contributed by atoms with Crippen molar-refractivity contribution in [3.63, 3.8) is 0 Å². The monoisotopic (exact) mass is 612 g/mol. The van der Waals surface area contributed by atoms with Crippen LogP contribution in [0.15, 0.2) is 72.9 Å². The Balaban J connectivity index is 1.32. The van der Waals surface area contributed by atoms with E-state index in [1.165, 1.54) is 0 Å². The van der Waals surface area contributed by atoms with Crippen molar-refractivity contribution in [3.8, 4) is 17.4 Å². The molecule has 3 heterocycles. The van der Waals surface area contributed by atoms with E-state index in [2.05, 4.69) is 6.92 Å². The first-order valence-electron chi connectivity index (χ1n) is 15.6. The number of amides is 1. The molecule has 0 aliphatic carbocycles. The number of nitrogens with zero attached hydrogens (tertiary/aromatic N) is 3. The Morgan fingerprint density at radius 2 is 1.87 bits per heavy atom. The van der Waals surface area contributed by atoms with Crippen LogP contribution in [-0.4, -0.2) is 64.0 Å². The van der Waals surface area contributed by atoms with Crippen LogP contribution in [0, 0.1) is 5.92 Å². The minimum absolute atomic E-state index is 0.0612. The van der Waals surface area contributed by atoms with Crippen LogP contribution in [0.1, 0.15) is 43.2 Å². The molecular formula is C35H40N4O6. The van der Waals surface area contributed by atoms with Crippen LogP contribution in [0.4, 0.5) is 5.69 Å². The fourth-order valence-corrected chi connectivity index (χ4v) is 6.80. The maximum Gasteiger partial charge on any atom is 0.308 e. The normalized spacial score (nSPS) is 19.3. The van der Waals surface area contributed by atoms with E-state index < -0.39 is 17.9 Å². The second kappa shape index (κ2) is 13.2. The Hall–Kier alpha value is -4.54. The number of aromatic nitrogens is 1. The number of carboxylic acid groups (broad SMARTS) is 1. The number of carbonyl (C=O) groups is 2. The van der Waals surface area contributed by atoms with Gasteiger partial charge in [-0.2, -0.15) is 0 Å². The molecule has 0 spiro atoms. The number of aliphatic carboxylic acids is 1. The number of benzene rings is 3. The van der Waals surface area contributed by atoms with E-state index in [9.17, 15) is 19.8 Å². The van der Waals surface area contributed by atoms with Gasteiger partial charge < -0.3 is 34.9 Å². The standard InChI is InChI=1S/C35H40N4O6/c1-2-3-14-39(26-9-6-7-23(16-26)18-36)32(40)21-38-20-28(24-11-12-30-31(17-24)45-22-44-30)33(35(42)43)29(38)13-15-37-19-25-8-4-5-10-27(25)34(37)41/h4-12,16-17,19,28-29,33,41H,2-3,13-15,18,20-22,36H2,1H3,(H,42,43)/t28-,29+,33?/m1/s1. The van der Waals surface area contributed by atoms with Gasteiger partial charge in [-0.3, -0.25) is 14.5 Å². The average molecular weight is 613 g/mol. The third-order valence-electron chi connectivity index (χ3n) is 9.13. The summed E-state index contributed by atoms with van der Waals surface area (Å²) < 4.78 is 12.9. The van der Waals surface area contributed by atoms with Crippen molar-refractivity contribution in [1.29, 1.82) is 0 Å². The number of hydrogen-bond donors (Lipinski definition) is 3. The van der Waals surface area contributed by atoms with Gasteiger partial charge >= 0.3 is 5.97 Å². The number of aryl methyl sites for hydroxylation is 1. The predicted molar refractivity (Wildman–Crippen MR) is 172 cm³/mol. The highest BCUT2D eigenvalue weighted by molar-refractivity contribution is 5.95. The van der Waals surface area contributed by atoms with Gasteiger partial charge in [-0.25, -0.2) is 0 Å². The number of hydrogen-bond acceptors (Lipinski definition) is 7. The number of nitrogens with two attached hydrogens (primary N) is 1. The zero-order valence-electron chi connectivity index (χ0n) is 25.5. The Morgan fingerprint density at radius 1 is 1.04 bits per heavy atom. The molecule has 0 saturated carbocycles. The van der Waals surface area contributed by atoms with E-state index >= 15 is 0 Å². The Labute approximate surface area is 262 Å². The molecule has 10 heteroatoms. The highest BCUT2D eigenvalue weighted by Gasteiger charge is 2.47. The highest BCUT2D eigenvalue weighted by atomic mass is 16.7. The van der Waals surface area contributed by atoms with E-state index in [4.69, 9.17) is 15.2 Å². The molecule has 236 valence electrons. The van der Waals surface area contributed by atoms with E-state index in [-0.39, 0.29) is 31.0 Å². The van der Waals surface area contributed by atoms with Crippen LogP contribution in [0.2, 0.25) is 0 Å². The minimum atomic E-state index is -0.919. The predicted octanol–water partition coefficient (Wildman–Crippen LogP) is 4.93. The molecule has 1 fully saturated rings. The van der Waals surface area contributed by atoms with Crippen LogP contribution >= 0.6 is 0 Å². The summed E-state index contributed by atoms with van der Waals surface area (Å²) >= 11 is 0. The van der Waals surface area contributed by atoms with Gasteiger partial charge in [0.15, 0.2) is 17.4 Å². The first kappa shape index (κ1) is 30.5. The van der Waals surface area contributed by atoms with Gasteiger partial charge in [0.2, 0.25) is 12.7 Å². The molecule has 2 aliphatic rings. The molecule has 3 atom stereocenters. The molecule has 45 heavy (non-hydrogen) atoms. The molecule has 0 radical (unpaired) electrons. The minimum Gasteiger partial charge on any atom is -0.494 e. The maximum absolute atomic E-state index is 14.1. The SMILES string of the molecule is CCCCN(C(=O)CN1C[C@H](c2ccc3c(c2)OCO3)C(C(=O)O)[C@@H]1CCn1cc2ccccc2c1O)c1cccc(CN)c1. The zero-order valence-corrected chi connectivity index (χ0v) is 25.5. The summed E-state index contributed by atoms with van der Waals surface area (Å²) in [4.78, 5) is 30.9. The largest absolute Gasteiger partial charge is 0.494 e. The molecule has 10 nitrogen and oxygen atoms in total. The van der Waals surface area contributed by atoms with Crippen LogP contribution in [0.25, 0.3) is 10.8 Å². The van der Waals surface area contributed by atoms with E-state index in [0.717, 1.165) is 40.4 Å². The van der Waals surface area contributed by atoms with E-state index in [1.807, 2.05) is 77.8 Å². The molecule has 6 rings (SSSR count). The molecule has 4 aromatic rings. The van der Waals surface area contributed by atoms with Crippen molar-refractivity contribution >= 4 is 28.3 Å². The van der Waals surface area contributed by atoms with Crippen molar-refractivity contribution in [2.24, 2.45) is 11.7 Å². The van der Waals surface area contributed by atoms with Crippen LogP contribution in [-0.2, 0) is 22.7 Å². The lowest BCUT2D eigenvalue weighted by molar-refractivity contribution is -0.143. The van der Waals surface area contributed by atoms with Crippen LogP contribution in [0.3, 0.4) is 0 Å². The molecule has 0 bridgehead atoms. The lowest BCUT2D eigenvalue weighted by Gasteiger charge is -2.30. The fraction of sp³-hybridized carbons (Fsp3) is 0.371. The summed E-state index contributed by atoms with van der Waals surface area (Å²) in [5.74, 6) is -0.792. The van der Waals surface area contributed by atoms with Gasteiger partial charge in [-0.15, -0.1) is 0 Å². The summed E-state index contributed by atoms with van der Waals surface area (Å²) in [5.41, 5.74) is 8.47. The fourth-order valence-electron chi connectivity index (χ4n) is 6.80. The number of ether oxygens (including phenoxy) is 2. The van der Waals surface area contributed by atoms with Crippen LogP contribution in [0.5, 0.6) is 17.4 Å².